The first kappa shape index (κ1) is 15.8. The number of rotatable bonds is 5. The molecule has 6 heteroatoms. The van der Waals surface area contributed by atoms with E-state index >= 15 is 0 Å². The third-order valence-electron chi connectivity index (χ3n) is 3.71. The summed E-state index contributed by atoms with van der Waals surface area (Å²) in [5.41, 5.74) is 0. The highest BCUT2D eigenvalue weighted by Gasteiger charge is 2.27. The molecule has 1 aliphatic rings. The molecule has 0 aromatic rings. The summed E-state index contributed by atoms with van der Waals surface area (Å²) in [6.45, 7) is 5.25. The van der Waals surface area contributed by atoms with Gasteiger partial charge in [0.25, 0.3) is 0 Å². The van der Waals surface area contributed by atoms with Crippen molar-refractivity contribution < 1.29 is 14.7 Å². The fraction of sp³-hybridized carbons (Fsp3) is 0.846. The number of amides is 2. The average Bonchev–Trinajstić information content (AvgIpc) is 2.70. The number of likely N-dealkylation sites (tertiary alicyclic amines) is 1. The summed E-state index contributed by atoms with van der Waals surface area (Å²) in [4.78, 5) is 26.9. The third-order valence-corrected chi connectivity index (χ3v) is 3.71. The summed E-state index contributed by atoms with van der Waals surface area (Å²) in [6, 6.07) is -0.782. The number of carbonyl (C=O) groups excluding carboxylic acids is 1. The van der Waals surface area contributed by atoms with Crippen LogP contribution in [0.25, 0.3) is 0 Å². The molecule has 0 saturated carbocycles. The minimum Gasteiger partial charge on any atom is -0.480 e. The van der Waals surface area contributed by atoms with Gasteiger partial charge in [0, 0.05) is 19.6 Å². The first-order valence-electron chi connectivity index (χ1n) is 6.77. The van der Waals surface area contributed by atoms with Crippen molar-refractivity contribution in [3.8, 4) is 0 Å². The van der Waals surface area contributed by atoms with Crippen LogP contribution in [0.5, 0.6) is 0 Å². The van der Waals surface area contributed by atoms with Gasteiger partial charge in [-0.15, -0.1) is 0 Å². The van der Waals surface area contributed by atoms with Crippen molar-refractivity contribution in [3.05, 3.63) is 0 Å². The Kier molecular flexibility index (Phi) is 5.60. The van der Waals surface area contributed by atoms with Gasteiger partial charge in [0.15, 0.2) is 0 Å². The van der Waals surface area contributed by atoms with Gasteiger partial charge in [-0.25, -0.2) is 9.59 Å². The topological polar surface area (TPSA) is 72.9 Å². The minimum atomic E-state index is -0.991. The summed E-state index contributed by atoms with van der Waals surface area (Å²) in [7, 11) is 3.76. The van der Waals surface area contributed by atoms with Gasteiger partial charge in [-0.3, -0.25) is 0 Å². The Hall–Kier alpha value is -1.30. The molecular weight excluding hydrogens is 246 g/mol. The molecule has 1 rings (SSSR count). The number of carbonyl (C=O) groups is 2. The Labute approximate surface area is 114 Å². The van der Waals surface area contributed by atoms with Crippen LogP contribution in [0, 0.1) is 5.92 Å². The zero-order chi connectivity index (χ0) is 14.6. The van der Waals surface area contributed by atoms with Gasteiger partial charge < -0.3 is 20.2 Å². The highest BCUT2D eigenvalue weighted by atomic mass is 16.4. The first-order chi connectivity index (χ1) is 8.82. The van der Waals surface area contributed by atoms with E-state index in [9.17, 15) is 9.59 Å². The number of carboxylic acids is 1. The molecular formula is C13H25N3O3. The van der Waals surface area contributed by atoms with E-state index in [2.05, 4.69) is 17.3 Å². The van der Waals surface area contributed by atoms with Crippen molar-refractivity contribution in [1.29, 1.82) is 0 Å². The number of hydrogen-bond acceptors (Lipinski definition) is 3. The quantitative estimate of drug-likeness (QED) is 0.777. The fourth-order valence-corrected chi connectivity index (χ4v) is 2.37. The number of hydrogen-bond donors (Lipinski definition) is 2. The smallest absolute Gasteiger partial charge is 0.326 e. The standard InChI is InChI=1S/C13H25N3O3/c1-9(2)11(12(17)18)14-13(19)16(4)8-10-6-5-7-15(10)3/h9-11H,5-8H2,1-4H3,(H,14,19)(H,17,18). The van der Waals surface area contributed by atoms with E-state index in [0.717, 1.165) is 19.4 Å². The molecule has 19 heavy (non-hydrogen) atoms. The van der Waals surface area contributed by atoms with Crippen molar-refractivity contribution in [1.82, 2.24) is 15.1 Å². The molecule has 0 aromatic heterocycles. The van der Waals surface area contributed by atoms with Crippen molar-refractivity contribution in [2.45, 2.75) is 38.8 Å². The Balaban J connectivity index is 2.49. The molecule has 0 bridgehead atoms. The largest absolute Gasteiger partial charge is 0.480 e. The van der Waals surface area contributed by atoms with Gasteiger partial charge in [0.2, 0.25) is 0 Å². The minimum absolute atomic E-state index is 0.135. The molecule has 0 spiro atoms. The summed E-state index contributed by atoms with van der Waals surface area (Å²) >= 11 is 0. The molecule has 1 fully saturated rings. The first-order valence-corrected chi connectivity index (χ1v) is 6.77. The maximum Gasteiger partial charge on any atom is 0.326 e. The molecule has 2 amide bonds. The van der Waals surface area contributed by atoms with E-state index in [1.54, 1.807) is 25.8 Å². The predicted molar refractivity (Wildman–Crippen MR) is 73.1 cm³/mol. The van der Waals surface area contributed by atoms with Crippen molar-refractivity contribution in [2.75, 3.05) is 27.2 Å². The van der Waals surface area contributed by atoms with Gasteiger partial charge >= 0.3 is 12.0 Å². The fourth-order valence-electron chi connectivity index (χ4n) is 2.37. The van der Waals surface area contributed by atoms with E-state index in [-0.39, 0.29) is 11.9 Å². The number of carboxylic acid groups (broad SMARTS) is 1. The van der Waals surface area contributed by atoms with Crippen LogP contribution < -0.4 is 5.32 Å². The molecule has 2 N–H and O–H groups in total. The van der Waals surface area contributed by atoms with Crippen molar-refractivity contribution in [3.63, 3.8) is 0 Å². The molecule has 0 aromatic carbocycles. The molecule has 1 heterocycles. The lowest BCUT2D eigenvalue weighted by atomic mass is 10.1. The number of urea groups is 1. The van der Waals surface area contributed by atoms with E-state index in [0.29, 0.717) is 12.6 Å². The Morgan fingerprint density at radius 3 is 2.53 bits per heavy atom. The zero-order valence-electron chi connectivity index (χ0n) is 12.2. The van der Waals surface area contributed by atoms with Crippen molar-refractivity contribution in [2.24, 2.45) is 5.92 Å². The van der Waals surface area contributed by atoms with E-state index in [1.165, 1.54) is 0 Å². The van der Waals surface area contributed by atoms with Crippen LogP contribution in [0.4, 0.5) is 4.79 Å². The maximum atomic E-state index is 12.0. The monoisotopic (exact) mass is 271 g/mol. The van der Waals surface area contributed by atoms with E-state index in [4.69, 9.17) is 5.11 Å². The number of aliphatic carboxylic acids is 1. The lowest BCUT2D eigenvalue weighted by Gasteiger charge is -2.28. The lowest BCUT2D eigenvalue weighted by Crippen LogP contribution is -2.51. The zero-order valence-corrected chi connectivity index (χ0v) is 12.2. The van der Waals surface area contributed by atoms with Crippen LogP contribution >= 0.6 is 0 Å². The van der Waals surface area contributed by atoms with Crippen LogP contribution in [0.15, 0.2) is 0 Å². The van der Waals surface area contributed by atoms with Crippen LogP contribution in [0.1, 0.15) is 26.7 Å². The second-order valence-electron chi connectivity index (χ2n) is 5.67. The highest BCUT2D eigenvalue weighted by molar-refractivity contribution is 5.82. The normalized spacial score (nSPS) is 21.4. The summed E-state index contributed by atoms with van der Waals surface area (Å²) < 4.78 is 0. The number of nitrogens with one attached hydrogen (secondary N) is 1. The Bertz CT molecular complexity index is 333. The maximum absolute atomic E-state index is 12.0. The SMILES string of the molecule is CC(C)C(NC(=O)N(C)CC1CCCN1C)C(=O)O. The molecule has 2 unspecified atom stereocenters. The Morgan fingerprint density at radius 1 is 1.47 bits per heavy atom. The van der Waals surface area contributed by atoms with Crippen molar-refractivity contribution >= 4 is 12.0 Å². The van der Waals surface area contributed by atoms with E-state index in [1.807, 2.05) is 0 Å². The van der Waals surface area contributed by atoms with Gasteiger partial charge in [-0.2, -0.15) is 0 Å². The lowest BCUT2D eigenvalue weighted by molar-refractivity contribution is -0.140. The van der Waals surface area contributed by atoms with Gasteiger partial charge in [-0.05, 0) is 32.4 Å². The molecule has 0 aliphatic carbocycles. The number of likely N-dealkylation sites (N-methyl/N-ethyl adjacent to an activating group) is 2. The summed E-state index contributed by atoms with van der Waals surface area (Å²) in [6.07, 6.45) is 2.24. The Morgan fingerprint density at radius 2 is 2.11 bits per heavy atom. The molecule has 1 aliphatic heterocycles. The van der Waals surface area contributed by atoms with Gasteiger partial charge in [-0.1, -0.05) is 13.8 Å². The van der Waals surface area contributed by atoms with Crippen LogP contribution in [0.3, 0.4) is 0 Å². The van der Waals surface area contributed by atoms with Crippen LogP contribution in [-0.4, -0.2) is 66.2 Å². The van der Waals surface area contributed by atoms with Crippen LogP contribution in [-0.2, 0) is 4.79 Å². The second-order valence-corrected chi connectivity index (χ2v) is 5.67. The molecule has 6 nitrogen and oxygen atoms in total. The molecule has 2 atom stereocenters. The van der Waals surface area contributed by atoms with Crippen LogP contribution in [0.2, 0.25) is 0 Å². The van der Waals surface area contributed by atoms with Gasteiger partial charge in [0.05, 0.1) is 0 Å². The number of nitrogens with zero attached hydrogens (tertiary/aromatic N) is 2. The highest BCUT2D eigenvalue weighted by Crippen LogP contribution is 2.15. The second kappa shape index (κ2) is 6.75. The average molecular weight is 271 g/mol. The molecule has 1 saturated heterocycles. The van der Waals surface area contributed by atoms with Gasteiger partial charge in [0.1, 0.15) is 6.04 Å². The summed E-state index contributed by atoms with van der Waals surface area (Å²) in [5, 5.41) is 11.6. The predicted octanol–water partition coefficient (Wildman–Crippen LogP) is 0.831. The van der Waals surface area contributed by atoms with E-state index < -0.39 is 12.0 Å². The summed E-state index contributed by atoms with van der Waals surface area (Å²) in [5.74, 6) is -1.13. The molecule has 0 radical (unpaired) electrons. The third kappa shape index (κ3) is 4.38. The molecule has 110 valence electrons.